The second-order valence-corrected chi connectivity index (χ2v) is 3.40. The van der Waals surface area contributed by atoms with Crippen molar-refractivity contribution in [3.05, 3.63) is 47.5 Å². The molecular formula is C12H14O2. The minimum Gasteiger partial charge on any atom is -0.458 e. The molecule has 0 atom stereocenters. The summed E-state index contributed by atoms with van der Waals surface area (Å²) in [5.74, 6) is -0.298. The smallest absolute Gasteiger partial charge is 0.338 e. The summed E-state index contributed by atoms with van der Waals surface area (Å²) in [6.07, 6.45) is 0. The van der Waals surface area contributed by atoms with Gasteiger partial charge in [-0.3, -0.25) is 0 Å². The van der Waals surface area contributed by atoms with Gasteiger partial charge >= 0.3 is 5.97 Å². The molecule has 0 saturated heterocycles. The largest absolute Gasteiger partial charge is 0.458 e. The number of rotatable bonds is 3. The Bertz CT molecular complexity index is 336. The molecule has 0 aliphatic carbocycles. The number of carbonyl (C=O) groups is 1. The van der Waals surface area contributed by atoms with E-state index in [1.54, 1.807) is 12.1 Å². The van der Waals surface area contributed by atoms with Crippen molar-refractivity contribution in [2.75, 3.05) is 6.61 Å². The van der Waals surface area contributed by atoms with E-state index in [1.807, 2.05) is 26.0 Å². The molecule has 14 heavy (non-hydrogen) atoms. The van der Waals surface area contributed by atoms with Crippen LogP contribution >= 0.6 is 0 Å². The first-order chi connectivity index (χ1) is 6.59. The predicted molar refractivity (Wildman–Crippen MR) is 56.3 cm³/mol. The molecule has 0 bridgehead atoms. The number of hydrogen-bond donors (Lipinski definition) is 0. The lowest BCUT2D eigenvalue weighted by molar-refractivity contribution is 0.0540. The lowest BCUT2D eigenvalue weighted by atomic mass is 10.1. The molecule has 1 aromatic carbocycles. The highest BCUT2D eigenvalue weighted by Crippen LogP contribution is 2.05. The highest BCUT2D eigenvalue weighted by Gasteiger charge is 2.05. The molecule has 0 radical (unpaired) electrons. The molecule has 0 N–H and O–H groups in total. The van der Waals surface area contributed by atoms with Gasteiger partial charge in [-0.15, -0.1) is 0 Å². The lowest BCUT2D eigenvalue weighted by Crippen LogP contribution is -2.06. The van der Waals surface area contributed by atoms with E-state index in [0.717, 1.165) is 11.1 Å². The number of hydrogen-bond acceptors (Lipinski definition) is 2. The zero-order valence-corrected chi connectivity index (χ0v) is 8.54. The molecule has 0 spiro atoms. The van der Waals surface area contributed by atoms with Crippen molar-refractivity contribution in [3.63, 3.8) is 0 Å². The van der Waals surface area contributed by atoms with E-state index in [1.165, 1.54) is 0 Å². The normalized spacial score (nSPS) is 9.57. The van der Waals surface area contributed by atoms with Crippen molar-refractivity contribution < 1.29 is 9.53 Å². The Labute approximate surface area is 84.2 Å². The second kappa shape index (κ2) is 4.61. The van der Waals surface area contributed by atoms with E-state index in [0.29, 0.717) is 5.56 Å². The minimum atomic E-state index is -0.298. The van der Waals surface area contributed by atoms with Gasteiger partial charge in [0.05, 0.1) is 5.56 Å². The molecule has 1 aromatic rings. The van der Waals surface area contributed by atoms with Crippen molar-refractivity contribution >= 4 is 5.97 Å². The fraction of sp³-hybridized carbons (Fsp3) is 0.250. The fourth-order valence-electron chi connectivity index (χ4n) is 0.962. The summed E-state index contributed by atoms with van der Waals surface area (Å²) < 4.78 is 4.99. The number of ether oxygens (including phenoxy) is 1. The van der Waals surface area contributed by atoms with Gasteiger partial charge in [-0.05, 0) is 31.6 Å². The van der Waals surface area contributed by atoms with Crippen molar-refractivity contribution in [1.82, 2.24) is 0 Å². The van der Waals surface area contributed by atoms with E-state index in [2.05, 4.69) is 6.58 Å². The molecule has 0 fully saturated rings. The summed E-state index contributed by atoms with van der Waals surface area (Å²) in [5.41, 5.74) is 2.55. The van der Waals surface area contributed by atoms with Crippen LogP contribution in [-0.4, -0.2) is 12.6 Å². The maximum Gasteiger partial charge on any atom is 0.338 e. The van der Waals surface area contributed by atoms with Gasteiger partial charge in [-0.1, -0.05) is 24.3 Å². The first kappa shape index (κ1) is 10.5. The van der Waals surface area contributed by atoms with E-state index in [-0.39, 0.29) is 12.6 Å². The van der Waals surface area contributed by atoms with Crippen LogP contribution in [0.2, 0.25) is 0 Å². The first-order valence-electron chi connectivity index (χ1n) is 4.48. The highest BCUT2D eigenvalue weighted by molar-refractivity contribution is 5.89. The van der Waals surface area contributed by atoms with Crippen molar-refractivity contribution in [2.24, 2.45) is 0 Å². The van der Waals surface area contributed by atoms with Crippen molar-refractivity contribution in [1.29, 1.82) is 0 Å². The molecule has 2 heteroatoms. The highest BCUT2D eigenvalue weighted by atomic mass is 16.5. The van der Waals surface area contributed by atoms with Crippen LogP contribution in [0.15, 0.2) is 36.4 Å². The van der Waals surface area contributed by atoms with Crippen molar-refractivity contribution in [2.45, 2.75) is 13.8 Å². The Hall–Kier alpha value is -1.57. The quantitative estimate of drug-likeness (QED) is 0.541. The molecule has 2 nitrogen and oxygen atoms in total. The Morgan fingerprint density at radius 1 is 1.36 bits per heavy atom. The van der Waals surface area contributed by atoms with Gasteiger partial charge in [0.25, 0.3) is 0 Å². The van der Waals surface area contributed by atoms with Crippen LogP contribution in [0.3, 0.4) is 0 Å². The summed E-state index contributed by atoms with van der Waals surface area (Å²) in [4.78, 5) is 11.4. The van der Waals surface area contributed by atoms with Gasteiger partial charge in [0.2, 0.25) is 0 Å². The molecule has 0 aliphatic rings. The summed E-state index contributed by atoms with van der Waals surface area (Å²) in [6.45, 7) is 7.74. The van der Waals surface area contributed by atoms with E-state index < -0.39 is 0 Å². The Kier molecular flexibility index (Phi) is 3.46. The minimum absolute atomic E-state index is 0.284. The maximum atomic E-state index is 11.4. The zero-order chi connectivity index (χ0) is 10.6. The van der Waals surface area contributed by atoms with Crippen LogP contribution in [0.25, 0.3) is 0 Å². The average molecular weight is 190 g/mol. The number of carbonyl (C=O) groups excluding carboxylic acids is 1. The standard InChI is InChI=1S/C12H14O2/c1-9(2)8-14-12(13)11-6-4-10(3)5-7-11/h4-7H,1,8H2,2-3H3. The predicted octanol–water partition coefficient (Wildman–Crippen LogP) is 2.73. The third kappa shape index (κ3) is 3.05. The second-order valence-electron chi connectivity index (χ2n) is 3.40. The fourth-order valence-corrected chi connectivity index (χ4v) is 0.962. The third-order valence-electron chi connectivity index (χ3n) is 1.74. The molecule has 0 aromatic heterocycles. The van der Waals surface area contributed by atoms with Gasteiger partial charge in [0.1, 0.15) is 6.61 Å². The topological polar surface area (TPSA) is 26.3 Å². The third-order valence-corrected chi connectivity index (χ3v) is 1.74. The van der Waals surface area contributed by atoms with E-state index in [4.69, 9.17) is 4.74 Å². The number of benzene rings is 1. The van der Waals surface area contributed by atoms with Gasteiger partial charge in [0.15, 0.2) is 0 Å². The monoisotopic (exact) mass is 190 g/mol. The maximum absolute atomic E-state index is 11.4. The average Bonchev–Trinajstić information content (AvgIpc) is 2.15. The van der Waals surface area contributed by atoms with Crippen molar-refractivity contribution in [3.8, 4) is 0 Å². The van der Waals surface area contributed by atoms with Crippen LogP contribution < -0.4 is 0 Å². The Morgan fingerprint density at radius 2 is 1.93 bits per heavy atom. The Morgan fingerprint density at radius 3 is 2.43 bits per heavy atom. The van der Waals surface area contributed by atoms with Gasteiger partial charge in [-0.25, -0.2) is 4.79 Å². The number of esters is 1. The Balaban J connectivity index is 2.61. The molecule has 0 unspecified atom stereocenters. The van der Waals surface area contributed by atoms with Crippen LogP contribution in [0, 0.1) is 6.92 Å². The number of aryl methyl sites for hydroxylation is 1. The SMILES string of the molecule is C=C(C)COC(=O)c1ccc(C)cc1. The van der Waals surface area contributed by atoms with Crippen LogP contribution in [-0.2, 0) is 4.74 Å². The summed E-state index contributed by atoms with van der Waals surface area (Å²) in [6, 6.07) is 7.29. The zero-order valence-electron chi connectivity index (χ0n) is 8.54. The summed E-state index contributed by atoms with van der Waals surface area (Å²) in [5, 5.41) is 0. The van der Waals surface area contributed by atoms with Gasteiger partial charge in [0, 0.05) is 0 Å². The summed E-state index contributed by atoms with van der Waals surface area (Å²) in [7, 11) is 0. The molecule has 1 rings (SSSR count). The molecule has 0 amide bonds. The molecule has 0 saturated carbocycles. The lowest BCUT2D eigenvalue weighted by Gasteiger charge is -2.03. The summed E-state index contributed by atoms with van der Waals surface area (Å²) >= 11 is 0. The molecule has 0 heterocycles. The van der Waals surface area contributed by atoms with Gasteiger partial charge < -0.3 is 4.74 Å². The van der Waals surface area contributed by atoms with Crippen LogP contribution in [0.5, 0.6) is 0 Å². The first-order valence-corrected chi connectivity index (χ1v) is 4.48. The molecular weight excluding hydrogens is 176 g/mol. The molecule has 74 valence electrons. The van der Waals surface area contributed by atoms with E-state index in [9.17, 15) is 4.79 Å². The van der Waals surface area contributed by atoms with E-state index >= 15 is 0 Å². The van der Waals surface area contributed by atoms with Crippen LogP contribution in [0.4, 0.5) is 0 Å². The van der Waals surface area contributed by atoms with Gasteiger partial charge in [-0.2, -0.15) is 0 Å². The molecule has 0 aliphatic heterocycles. The van der Waals surface area contributed by atoms with Crippen LogP contribution in [0.1, 0.15) is 22.8 Å².